The molecule has 2 N–H and O–H groups in total. The van der Waals surface area contributed by atoms with Crippen molar-refractivity contribution in [3.8, 4) is 0 Å². The fourth-order valence-corrected chi connectivity index (χ4v) is 1.32. The monoisotopic (exact) mass is 215 g/mol. The van der Waals surface area contributed by atoms with Gasteiger partial charge >= 0.3 is 5.97 Å². The van der Waals surface area contributed by atoms with Crippen molar-refractivity contribution in [1.82, 2.24) is 0 Å². The summed E-state index contributed by atoms with van der Waals surface area (Å²) in [6.07, 6.45) is 0.480. The van der Waals surface area contributed by atoms with E-state index in [0.29, 0.717) is 13.0 Å². The smallest absolute Gasteiger partial charge is 0.305 e. The van der Waals surface area contributed by atoms with Crippen LogP contribution in [0.5, 0.6) is 0 Å². The van der Waals surface area contributed by atoms with E-state index in [2.05, 4.69) is 4.74 Å². The summed E-state index contributed by atoms with van der Waals surface area (Å²) >= 11 is 1.68. The Kier molecular flexibility index (Phi) is 6.84. The highest BCUT2D eigenvalue weighted by atomic mass is 32.1. The molecule has 0 aromatic carbocycles. The topological polar surface area (TPSA) is 52.3 Å². The molecule has 0 aliphatic heterocycles. The number of nitrogens with two attached hydrogens (primary N) is 1. The second-order valence-corrected chi connectivity index (χ2v) is 3.76. The van der Waals surface area contributed by atoms with E-state index in [1.807, 2.05) is 18.4 Å². The minimum absolute atomic E-state index is 0.123. The standard InChI is InChI=1S/C5H7NS.C5H10O2/c1-4-2-5(6)3-7-4;1-3-5(6)7-4-2/h2-3H,6H2,1H3;3-4H2,1-2H3. The van der Waals surface area contributed by atoms with Crippen molar-refractivity contribution in [2.75, 3.05) is 12.3 Å². The van der Waals surface area contributed by atoms with Crippen LogP contribution in [0.2, 0.25) is 0 Å². The van der Waals surface area contributed by atoms with E-state index in [0.717, 1.165) is 5.69 Å². The molecule has 4 heteroatoms. The Labute approximate surface area is 88.9 Å². The third kappa shape index (κ3) is 6.48. The number of thiophene rings is 1. The van der Waals surface area contributed by atoms with Crippen LogP contribution in [0.3, 0.4) is 0 Å². The summed E-state index contributed by atoms with van der Waals surface area (Å²) in [7, 11) is 0. The molecule has 14 heavy (non-hydrogen) atoms. The predicted octanol–water partition coefficient (Wildman–Crippen LogP) is 2.60. The molecule has 0 fully saturated rings. The molecule has 0 saturated carbocycles. The molecule has 1 rings (SSSR count). The summed E-state index contributed by atoms with van der Waals surface area (Å²) in [5.74, 6) is -0.123. The molecule has 0 radical (unpaired) electrons. The van der Waals surface area contributed by atoms with E-state index >= 15 is 0 Å². The van der Waals surface area contributed by atoms with Crippen LogP contribution in [0.15, 0.2) is 11.4 Å². The van der Waals surface area contributed by atoms with E-state index in [-0.39, 0.29) is 5.97 Å². The molecule has 1 heterocycles. The SMILES string of the molecule is CCOC(=O)CC.Cc1cc(N)cs1. The maximum atomic E-state index is 10.2. The molecule has 0 aliphatic carbocycles. The first-order chi connectivity index (χ1) is 6.60. The Morgan fingerprint density at radius 1 is 1.57 bits per heavy atom. The molecule has 0 saturated heterocycles. The van der Waals surface area contributed by atoms with Gasteiger partial charge in [-0.15, -0.1) is 11.3 Å². The van der Waals surface area contributed by atoms with Crippen LogP contribution in [-0.4, -0.2) is 12.6 Å². The fourth-order valence-electron chi connectivity index (χ4n) is 0.727. The fraction of sp³-hybridized carbons (Fsp3) is 0.500. The van der Waals surface area contributed by atoms with Gasteiger partial charge in [-0.25, -0.2) is 0 Å². The lowest BCUT2D eigenvalue weighted by Crippen LogP contribution is -2.00. The van der Waals surface area contributed by atoms with E-state index in [4.69, 9.17) is 5.73 Å². The summed E-state index contributed by atoms with van der Waals surface area (Å²) in [5, 5.41) is 1.94. The molecule has 1 aromatic heterocycles. The number of anilines is 1. The normalized spacial score (nSPS) is 8.79. The molecule has 0 atom stereocenters. The predicted molar refractivity (Wildman–Crippen MR) is 60.4 cm³/mol. The van der Waals surface area contributed by atoms with E-state index < -0.39 is 0 Å². The minimum atomic E-state index is -0.123. The lowest BCUT2D eigenvalue weighted by Gasteiger charge is -1.93. The van der Waals surface area contributed by atoms with Gasteiger partial charge in [0.25, 0.3) is 0 Å². The lowest BCUT2D eigenvalue weighted by atomic mass is 10.5. The summed E-state index contributed by atoms with van der Waals surface area (Å²) < 4.78 is 4.55. The number of nitrogen functional groups attached to an aromatic ring is 1. The summed E-state index contributed by atoms with van der Waals surface area (Å²) in [5.41, 5.74) is 6.27. The van der Waals surface area contributed by atoms with Gasteiger partial charge in [0.1, 0.15) is 0 Å². The highest BCUT2D eigenvalue weighted by molar-refractivity contribution is 7.10. The average molecular weight is 215 g/mol. The molecule has 0 spiro atoms. The number of esters is 1. The molecular weight excluding hydrogens is 198 g/mol. The van der Waals surface area contributed by atoms with Gasteiger partial charge in [-0.3, -0.25) is 4.79 Å². The molecule has 0 aliphatic rings. The van der Waals surface area contributed by atoms with Gasteiger partial charge in [-0.1, -0.05) is 6.92 Å². The van der Waals surface area contributed by atoms with Crippen LogP contribution in [0.4, 0.5) is 5.69 Å². The average Bonchev–Trinajstić information content (AvgIpc) is 2.51. The highest BCUT2D eigenvalue weighted by Crippen LogP contribution is 2.13. The number of hydrogen-bond donors (Lipinski definition) is 1. The maximum Gasteiger partial charge on any atom is 0.305 e. The lowest BCUT2D eigenvalue weighted by molar-refractivity contribution is -0.142. The van der Waals surface area contributed by atoms with E-state index in [9.17, 15) is 4.79 Å². The van der Waals surface area contributed by atoms with E-state index in [1.54, 1.807) is 25.2 Å². The van der Waals surface area contributed by atoms with Crippen molar-refractivity contribution in [3.63, 3.8) is 0 Å². The summed E-state index contributed by atoms with van der Waals surface area (Å²) in [6.45, 7) is 6.11. The minimum Gasteiger partial charge on any atom is -0.466 e. The van der Waals surface area contributed by atoms with Crippen molar-refractivity contribution in [2.24, 2.45) is 0 Å². The van der Waals surface area contributed by atoms with Crippen LogP contribution in [0, 0.1) is 6.92 Å². The van der Waals surface area contributed by atoms with E-state index in [1.165, 1.54) is 4.88 Å². The summed E-state index contributed by atoms with van der Waals surface area (Å²) in [6, 6.07) is 1.96. The van der Waals surface area contributed by atoms with Gasteiger partial charge in [0, 0.05) is 22.4 Å². The van der Waals surface area contributed by atoms with Gasteiger partial charge in [-0.05, 0) is 19.9 Å². The number of carbonyl (C=O) groups excluding carboxylic acids is 1. The second-order valence-electron chi connectivity index (χ2n) is 2.65. The van der Waals surface area contributed by atoms with Crippen molar-refractivity contribution in [2.45, 2.75) is 27.2 Å². The zero-order chi connectivity index (χ0) is 11.0. The number of rotatable bonds is 2. The Morgan fingerprint density at radius 2 is 2.21 bits per heavy atom. The molecule has 0 unspecified atom stereocenters. The third-order valence-corrected chi connectivity index (χ3v) is 2.22. The first-order valence-electron chi connectivity index (χ1n) is 4.56. The molecular formula is C10H17NO2S. The molecule has 80 valence electrons. The highest BCUT2D eigenvalue weighted by Gasteiger charge is 1.91. The Hall–Kier alpha value is -1.03. The molecule has 0 amide bonds. The zero-order valence-electron chi connectivity index (χ0n) is 8.87. The quantitative estimate of drug-likeness (QED) is 0.771. The first kappa shape index (κ1) is 13.0. The van der Waals surface area contributed by atoms with Gasteiger partial charge in [-0.2, -0.15) is 0 Å². The van der Waals surface area contributed by atoms with Crippen molar-refractivity contribution in [3.05, 3.63) is 16.3 Å². The van der Waals surface area contributed by atoms with Gasteiger partial charge < -0.3 is 10.5 Å². The first-order valence-corrected chi connectivity index (χ1v) is 5.44. The summed E-state index contributed by atoms with van der Waals surface area (Å²) in [4.78, 5) is 11.5. The Balaban J connectivity index is 0.000000241. The maximum absolute atomic E-state index is 10.2. The third-order valence-electron chi connectivity index (χ3n) is 1.34. The number of hydrogen-bond acceptors (Lipinski definition) is 4. The Bertz CT molecular complexity index is 254. The van der Waals surface area contributed by atoms with Gasteiger partial charge in [0.05, 0.1) is 6.61 Å². The van der Waals surface area contributed by atoms with Gasteiger partial charge in [0.2, 0.25) is 0 Å². The van der Waals surface area contributed by atoms with Crippen molar-refractivity contribution in [1.29, 1.82) is 0 Å². The largest absolute Gasteiger partial charge is 0.466 e. The van der Waals surface area contributed by atoms with Crippen LogP contribution < -0.4 is 5.73 Å². The number of carbonyl (C=O) groups is 1. The van der Waals surface area contributed by atoms with Crippen LogP contribution >= 0.6 is 11.3 Å². The number of ether oxygens (including phenoxy) is 1. The van der Waals surface area contributed by atoms with Crippen molar-refractivity contribution < 1.29 is 9.53 Å². The van der Waals surface area contributed by atoms with Gasteiger partial charge in [0.15, 0.2) is 0 Å². The van der Waals surface area contributed by atoms with Crippen molar-refractivity contribution >= 4 is 23.0 Å². The molecule has 0 bridgehead atoms. The second kappa shape index (κ2) is 7.38. The zero-order valence-corrected chi connectivity index (χ0v) is 9.69. The molecule has 3 nitrogen and oxygen atoms in total. The van der Waals surface area contributed by atoms with Crippen LogP contribution in [-0.2, 0) is 9.53 Å². The molecule has 1 aromatic rings. The Morgan fingerprint density at radius 3 is 2.36 bits per heavy atom. The number of aryl methyl sites for hydroxylation is 1. The van der Waals surface area contributed by atoms with Crippen LogP contribution in [0.25, 0.3) is 0 Å². The van der Waals surface area contributed by atoms with Crippen LogP contribution in [0.1, 0.15) is 25.1 Å².